The lowest BCUT2D eigenvalue weighted by Crippen LogP contribution is -2.20. The third-order valence-electron chi connectivity index (χ3n) is 2.72. The number of fused-ring (bicyclic) bond motifs is 2. The average Bonchev–Trinajstić information content (AvgIpc) is 2.68. The number of aromatic nitrogens is 1. The first-order valence-electron chi connectivity index (χ1n) is 5.31. The molecule has 0 bridgehead atoms. The number of amidine groups is 1. The van der Waals surface area contributed by atoms with Crippen LogP contribution in [0.1, 0.15) is 13.3 Å². The molecular formula is C10H10N4O3S. The van der Waals surface area contributed by atoms with E-state index in [2.05, 4.69) is 14.9 Å². The van der Waals surface area contributed by atoms with Crippen molar-refractivity contribution in [2.75, 3.05) is 11.1 Å². The smallest absolute Gasteiger partial charge is 0.286 e. The van der Waals surface area contributed by atoms with Gasteiger partial charge in [0.25, 0.3) is 10.0 Å². The number of nitrogens with two attached hydrogens (primary N) is 1. The van der Waals surface area contributed by atoms with E-state index in [1.54, 1.807) is 6.07 Å². The normalized spacial score (nSPS) is 17.1. The summed E-state index contributed by atoms with van der Waals surface area (Å²) in [6.07, 6.45) is 0.495. The molecule has 2 aromatic rings. The van der Waals surface area contributed by atoms with Gasteiger partial charge in [0, 0.05) is 12.5 Å². The molecule has 3 rings (SSSR count). The molecule has 3 N–H and O–H groups in total. The van der Waals surface area contributed by atoms with Crippen molar-refractivity contribution >= 4 is 38.3 Å². The highest BCUT2D eigenvalue weighted by Gasteiger charge is 2.26. The molecule has 1 aliphatic rings. The van der Waals surface area contributed by atoms with Crippen molar-refractivity contribution in [3.05, 3.63) is 12.1 Å². The molecule has 0 aliphatic carbocycles. The third-order valence-corrected chi connectivity index (χ3v) is 4.08. The SMILES string of the molecule is CCC1=NS(=O)(=O)c2cc3c(N)noc3cc2N1. The summed E-state index contributed by atoms with van der Waals surface area (Å²) >= 11 is 0. The van der Waals surface area contributed by atoms with Crippen LogP contribution in [-0.2, 0) is 10.0 Å². The molecule has 0 fully saturated rings. The molecule has 1 aromatic heterocycles. The van der Waals surface area contributed by atoms with Crippen LogP contribution in [0, 0.1) is 0 Å². The number of benzene rings is 1. The van der Waals surface area contributed by atoms with E-state index in [-0.39, 0.29) is 10.7 Å². The van der Waals surface area contributed by atoms with E-state index in [1.165, 1.54) is 6.07 Å². The number of sulfonamides is 1. The quantitative estimate of drug-likeness (QED) is 0.805. The first-order chi connectivity index (χ1) is 8.51. The van der Waals surface area contributed by atoms with Gasteiger partial charge in [0.2, 0.25) is 0 Å². The number of nitrogens with zero attached hydrogens (tertiary/aromatic N) is 2. The largest absolute Gasteiger partial charge is 0.380 e. The maximum Gasteiger partial charge on any atom is 0.286 e. The van der Waals surface area contributed by atoms with E-state index in [0.29, 0.717) is 28.9 Å². The first-order valence-corrected chi connectivity index (χ1v) is 6.75. The van der Waals surface area contributed by atoms with E-state index in [9.17, 15) is 8.42 Å². The molecule has 2 heterocycles. The second kappa shape index (κ2) is 3.45. The number of hydrogen-bond donors (Lipinski definition) is 2. The van der Waals surface area contributed by atoms with Crippen LogP contribution in [0.4, 0.5) is 11.5 Å². The Kier molecular flexibility index (Phi) is 2.11. The van der Waals surface area contributed by atoms with Crippen LogP contribution >= 0.6 is 0 Å². The maximum absolute atomic E-state index is 12.0. The highest BCUT2D eigenvalue weighted by Crippen LogP contribution is 2.33. The van der Waals surface area contributed by atoms with Gasteiger partial charge in [-0.15, -0.1) is 4.40 Å². The van der Waals surface area contributed by atoms with Crippen LogP contribution in [0.5, 0.6) is 0 Å². The molecule has 0 spiro atoms. The molecule has 7 nitrogen and oxygen atoms in total. The van der Waals surface area contributed by atoms with Crippen molar-refractivity contribution in [1.29, 1.82) is 0 Å². The summed E-state index contributed by atoms with van der Waals surface area (Å²) in [7, 11) is -3.69. The first kappa shape index (κ1) is 11.0. The van der Waals surface area contributed by atoms with E-state index < -0.39 is 10.0 Å². The number of anilines is 2. The molecule has 18 heavy (non-hydrogen) atoms. The van der Waals surface area contributed by atoms with Crippen molar-refractivity contribution in [1.82, 2.24) is 5.16 Å². The van der Waals surface area contributed by atoms with E-state index in [0.717, 1.165) is 0 Å². The average molecular weight is 266 g/mol. The van der Waals surface area contributed by atoms with Crippen LogP contribution in [0.15, 0.2) is 25.9 Å². The van der Waals surface area contributed by atoms with Gasteiger partial charge < -0.3 is 15.6 Å². The fraction of sp³-hybridized carbons (Fsp3) is 0.200. The summed E-state index contributed by atoms with van der Waals surface area (Å²) in [6.45, 7) is 1.82. The van der Waals surface area contributed by atoms with Crippen molar-refractivity contribution in [2.45, 2.75) is 18.2 Å². The predicted octanol–water partition coefficient (Wildman–Crippen LogP) is 1.33. The molecule has 0 atom stereocenters. The van der Waals surface area contributed by atoms with Gasteiger partial charge in [-0.2, -0.15) is 8.42 Å². The zero-order chi connectivity index (χ0) is 12.9. The second-order valence-electron chi connectivity index (χ2n) is 3.90. The highest BCUT2D eigenvalue weighted by atomic mass is 32.2. The van der Waals surface area contributed by atoms with E-state index >= 15 is 0 Å². The summed E-state index contributed by atoms with van der Waals surface area (Å²) in [5.41, 5.74) is 6.47. The number of hydrogen-bond acceptors (Lipinski definition) is 6. The van der Waals surface area contributed by atoms with Gasteiger partial charge in [0.15, 0.2) is 11.4 Å². The van der Waals surface area contributed by atoms with Crippen molar-refractivity contribution in [3.8, 4) is 0 Å². The van der Waals surface area contributed by atoms with Crippen molar-refractivity contribution in [2.24, 2.45) is 4.40 Å². The zero-order valence-corrected chi connectivity index (χ0v) is 10.3. The van der Waals surface area contributed by atoms with Crippen LogP contribution in [0.2, 0.25) is 0 Å². The van der Waals surface area contributed by atoms with Gasteiger partial charge >= 0.3 is 0 Å². The lowest BCUT2D eigenvalue weighted by atomic mass is 10.2. The number of rotatable bonds is 1. The van der Waals surface area contributed by atoms with E-state index in [1.807, 2.05) is 6.92 Å². The second-order valence-corrected chi connectivity index (χ2v) is 5.48. The Morgan fingerprint density at radius 2 is 2.22 bits per heavy atom. The summed E-state index contributed by atoms with van der Waals surface area (Å²) in [5, 5.41) is 7.01. The maximum atomic E-state index is 12.0. The van der Waals surface area contributed by atoms with Gasteiger partial charge in [-0.3, -0.25) is 0 Å². The topological polar surface area (TPSA) is 111 Å². The minimum absolute atomic E-state index is 0.0853. The fourth-order valence-electron chi connectivity index (χ4n) is 1.82. The van der Waals surface area contributed by atoms with Gasteiger partial charge in [-0.25, -0.2) is 0 Å². The molecule has 8 heteroatoms. The molecule has 0 saturated carbocycles. The van der Waals surface area contributed by atoms with Crippen LogP contribution < -0.4 is 11.1 Å². The fourth-order valence-corrected chi connectivity index (χ4v) is 3.04. The lowest BCUT2D eigenvalue weighted by Gasteiger charge is -2.16. The van der Waals surface area contributed by atoms with Crippen molar-refractivity contribution < 1.29 is 12.9 Å². The van der Waals surface area contributed by atoms with Crippen LogP contribution in [0.25, 0.3) is 11.0 Å². The Balaban J connectivity index is 2.33. The third kappa shape index (κ3) is 1.46. The minimum atomic E-state index is -3.69. The monoisotopic (exact) mass is 266 g/mol. The van der Waals surface area contributed by atoms with Gasteiger partial charge in [-0.1, -0.05) is 12.1 Å². The molecule has 0 radical (unpaired) electrons. The summed E-state index contributed by atoms with van der Waals surface area (Å²) in [5.74, 6) is 0.558. The summed E-state index contributed by atoms with van der Waals surface area (Å²) in [6, 6.07) is 2.99. The molecule has 1 aromatic carbocycles. The predicted molar refractivity (Wildman–Crippen MR) is 67.0 cm³/mol. The minimum Gasteiger partial charge on any atom is -0.380 e. The number of nitrogen functional groups attached to an aromatic ring is 1. The Morgan fingerprint density at radius 1 is 1.44 bits per heavy atom. The standard InChI is InChI=1S/C10H10N4O3S/c1-2-9-12-6-4-7-5(10(11)13-17-7)3-8(6)18(15,16)14-9/h3-4H,2H2,1H3,(H2,11,13)(H,12,14). The van der Waals surface area contributed by atoms with Crippen molar-refractivity contribution in [3.63, 3.8) is 0 Å². The molecule has 1 aliphatic heterocycles. The molecule has 94 valence electrons. The Morgan fingerprint density at radius 3 is 2.94 bits per heavy atom. The molecule has 0 amide bonds. The molecular weight excluding hydrogens is 256 g/mol. The Hall–Kier alpha value is -2.09. The van der Waals surface area contributed by atoms with Crippen LogP contribution in [-0.4, -0.2) is 19.4 Å². The van der Waals surface area contributed by atoms with Gasteiger partial charge in [0.05, 0.1) is 11.1 Å². The summed E-state index contributed by atoms with van der Waals surface area (Å²) in [4.78, 5) is 0.0853. The Labute approximate surface area is 103 Å². The lowest BCUT2D eigenvalue weighted by molar-refractivity contribution is 0.460. The molecule has 0 saturated heterocycles. The Bertz CT molecular complexity index is 776. The summed E-state index contributed by atoms with van der Waals surface area (Å²) < 4.78 is 32.7. The van der Waals surface area contributed by atoms with Gasteiger partial charge in [-0.05, 0) is 6.07 Å². The zero-order valence-electron chi connectivity index (χ0n) is 9.47. The molecule has 0 unspecified atom stereocenters. The van der Waals surface area contributed by atoms with Crippen LogP contribution in [0.3, 0.4) is 0 Å². The van der Waals surface area contributed by atoms with E-state index in [4.69, 9.17) is 10.3 Å². The number of nitrogens with one attached hydrogen (secondary N) is 1. The highest BCUT2D eigenvalue weighted by molar-refractivity contribution is 7.90. The van der Waals surface area contributed by atoms with Gasteiger partial charge in [0.1, 0.15) is 10.7 Å².